The molecule has 0 spiro atoms. The minimum absolute atomic E-state index is 0.0208. The number of benzene rings is 2. The van der Waals surface area contributed by atoms with Crippen LogP contribution in [0.25, 0.3) is 21.5 Å². The van der Waals surface area contributed by atoms with Gasteiger partial charge in [-0.15, -0.1) is 0 Å². The van der Waals surface area contributed by atoms with Crippen molar-refractivity contribution in [3.05, 3.63) is 59.2 Å². The lowest BCUT2D eigenvalue weighted by Gasteiger charge is -2.31. The Morgan fingerprint density at radius 2 is 2.00 bits per heavy atom. The number of amides is 1. The number of rotatable bonds is 5. The second-order valence-electron chi connectivity index (χ2n) is 7.57. The Hall–Kier alpha value is -3.10. The second kappa shape index (κ2) is 8.80. The molecule has 0 bridgehead atoms. The highest BCUT2D eigenvalue weighted by atomic mass is 35.5. The molecule has 1 saturated heterocycles. The number of likely N-dealkylation sites (tertiary alicyclic amines) is 1. The first-order valence-electron chi connectivity index (χ1n) is 10.3. The molecule has 0 atom stereocenters. The molecule has 4 aromatic rings. The molecular weight excluding hydrogens is 448 g/mol. The Bertz CT molecular complexity index is 1260. The molecule has 164 valence electrons. The van der Waals surface area contributed by atoms with Crippen LogP contribution in [-0.4, -0.2) is 52.3 Å². The van der Waals surface area contributed by atoms with E-state index in [9.17, 15) is 4.79 Å². The zero-order valence-corrected chi connectivity index (χ0v) is 18.9. The van der Waals surface area contributed by atoms with Gasteiger partial charge in [0.2, 0.25) is 0 Å². The van der Waals surface area contributed by atoms with E-state index in [0.29, 0.717) is 34.7 Å². The Morgan fingerprint density at radius 3 is 2.78 bits per heavy atom. The van der Waals surface area contributed by atoms with Gasteiger partial charge in [-0.05, 0) is 30.3 Å². The van der Waals surface area contributed by atoms with Gasteiger partial charge < -0.3 is 14.4 Å². The van der Waals surface area contributed by atoms with E-state index >= 15 is 0 Å². The summed E-state index contributed by atoms with van der Waals surface area (Å²) in [5, 5.41) is 8.43. The molecule has 9 heteroatoms. The van der Waals surface area contributed by atoms with Crippen LogP contribution in [0.3, 0.4) is 0 Å². The molecule has 1 fully saturated rings. The van der Waals surface area contributed by atoms with Crippen LogP contribution in [0.5, 0.6) is 10.9 Å². The van der Waals surface area contributed by atoms with E-state index in [4.69, 9.17) is 21.1 Å². The summed E-state index contributed by atoms with van der Waals surface area (Å²) in [6.45, 7) is 1.23. The van der Waals surface area contributed by atoms with Crippen molar-refractivity contribution in [3.8, 4) is 22.2 Å². The lowest BCUT2D eigenvalue weighted by Crippen LogP contribution is -2.41. The molecular formula is C23H21ClN4O3S. The lowest BCUT2D eigenvalue weighted by molar-refractivity contribution is 0.0590. The van der Waals surface area contributed by atoms with Crippen LogP contribution in [0.2, 0.25) is 5.02 Å². The lowest BCUT2D eigenvalue weighted by atomic mass is 10.1. The van der Waals surface area contributed by atoms with Crippen LogP contribution in [0, 0.1) is 0 Å². The highest BCUT2D eigenvalue weighted by molar-refractivity contribution is 7.20. The number of para-hydroxylation sites is 1. The second-order valence-corrected chi connectivity index (χ2v) is 8.97. The first-order valence-corrected chi connectivity index (χ1v) is 11.5. The van der Waals surface area contributed by atoms with Crippen molar-refractivity contribution in [3.63, 3.8) is 0 Å². The van der Waals surface area contributed by atoms with Gasteiger partial charge in [0.25, 0.3) is 11.1 Å². The van der Waals surface area contributed by atoms with E-state index in [1.165, 1.54) is 11.3 Å². The maximum absolute atomic E-state index is 13.0. The molecule has 2 aromatic heterocycles. The van der Waals surface area contributed by atoms with Crippen molar-refractivity contribution in [2.24, 2.45) is 0 Å². The normalized spacial score (nSPS) is 14.6. The highest BCUT2D eigenvalue weighted by Gasteiger charge is 2.26. The SMILES string of the molecule is COc1cccc(-c2cc(C(=O)N3CCC(Oc4nc5c(Cl)cccc5s4)CC3)[nH]n2)c1. The molecule has 2 aromatic carbocycles. The van der Waals surface area contributed by atoms with Gasteiger partial charge in [0, 0.05) is 31.5 Å². The molecule has 3 heterocycles. The van der Waals surface area contributed by atoms with Gasteiger partial charge >= 0.3 is 0 Å². The fourth-order valence-electron chi connectivity index (χ4n) is 3.80. The minimum atomic E-state index is -0.0585. The number of methoxy groups -OCH3 is 1. The summed E-state index contributed by atoms with van der Waals surface area (Å²) in [5.74, 6) is 0.688. The van der Waals surface area contributed by atoms with Gasteiger partial charge in [-0.2, -0.15) is 5.10 Å². The molecule has 1 aliphatic heterocycles. The van der Waals surface area contributed by atoms with E-state index in [2.05, 4.69) is 15.2 Å². The summed E-state index contributed by atoms with van der Waals surface area (Å²) in [5.41, 5.74) is 2.85. The maximum atomic E-state index is 13.0. The Balaban J connectivity index is 1.21. The summed E-state index contributed by atoms with van der Waals surface area (Å²) in [7, 11) is 1.62. The fraction of sp³-hybridized carbons (Fsp3) is 0.261. The largest absolute Gasteiger partial charge is 0.497 e. The van der Waals surface area contributed by atoms with Gasteiger partial charge in [-0.25, -0.2) is 4.98 Å². The van der Waals surface area contributed by atoms with Crippen molar-refractivity contribution in [1.29, 1.82) is 0 Å². The number of carbonyl (C=O) groups excluding carboxylic acids is 1. The van der Waals surface area contributed by atoms with Crippen molar-refractivity contribution >= 4 is 39.1 Å². The number of hydrogen-bond donors (Lipinski definition) is 1. The Labute approximate surface area is 193 Å². The average molecular weight is 469 g/mol. The van der Waals surface area contributed by atoms with Crippen LogP contribution in [0.1, 0.15) is 23.3 Å². The summed E-state index contributed by atoms with van der Waals surface area (Å²) < 4.78 is 12.4. The molecule has 0 aliphatic carbocycles. The fourth-order valence-corrected chi connectivity index (χ4v) is 4.98. The van der Waals surface area contributed by atoms with Gasteiger partial charge in [0.1, 0.15) is 23.1 Å². The summed E-state index contributed by atoms with van der Waals surface area (Å²) in [6, 6.07) is 15.1. The number of thiazole rings is 1. The molecule has 0 radical (unpaired) electrons. The van der Waals surface area contributed by atoms with Crippen molar-refractivity contribution < 1.29 is 14.3 Å². The zero-order valence-electron chi connectivity index (χ0n) is 17.4. The molecule has 32 heavy (non-hydrogen) atoms. The van der Waals surface area contributed by atoms with Gasteiger partial charge in [-0.3, -0.25) is 9.89 Å². The predicted molar refractivity (Wildman–Crippen MR) is 125 cm³/mol. The first kappa shape index (κ1) is 20.8. The topological polar surface area (TPSA) is 80.3 Å². The van der Waals surface area contributed by atoms with Gasteiger partial charge in [-0.1, -0.05) is 41.1 Å². The summed E-state index contributed by atoms with van der Waals surface area (Å²) >= 11 is 7.70. The van der Waals surface area contributed by atoms with E-state index in [1.54, 1.807) is 13.2 Å². The number of aromatic nitrogens is 3. The molecule has 1 N–H and O–H groups in total. The number of halogens is 1. The van der Waals surface area contributed by atoms with Crippen LogP contribution < -0.4 is 9.47 Å². The third-order valence-electron chi connectivity index (χ3n) is 5.52. The molecule has 5 rings (SSSR count). The first-order chi connectivity index (χ1) is 15.6. The van der Waals surface area contributed by atoms with E-state index in [1.807, 2.05) is 47.4 Å². The molecule has 1 aliphatic rings. The Kier molecular flexibility index (Phi) is 5.71. The number of nitrogens with one attached hydrogen (secondary N) is 1. The van der Waals surface area contributed by atoms with Crippen molar-refractivity contribution in [2.45, 2.75) is 18.9 Å². The van der Waals surface area contributed by atoms with Gasteiger partial charge in [0.15, 0.2) is 0 Å². The smallest absolute Gasteiger partial charge is 0.274 e. The van der Waals surface area contributed by atoms with E-state index < -0.39 is 0 Å². The maximum Gasteiger partial charge on any atom is 0.274 e. The quantitative estimate of drug-likeness (QED) is 0.444. The van der Waals surface area contributed by atoms with Crippen LogP contribution in [-0.2, 0) is 0 Å². The van der Waals surface area contributed by atoms with Crippen LogP contribution >= 0.6 is 22.9 Å². The van der Waals surface area contributed by atoms with Crippen molar-refractivity contribution in [1.82, 2.24) is 20.1 Å². The number of nitrogens with zero attached hydrogens (tertiary/aromatic N) is 3. The van der Waals surface area contributed by atoms with Crippen molar-refractivity contribution in [2.75, 3.05) is 20.2 Å². The molecule has 1 amide bonds. The number of H-pyrrole nitrogens is 1. The van der Waals surface area contributed by atoms with Crippen LogP contribution in [0.15, 0.2) is 48.5 Å². The zero-order chi connectivity index (χ0) is 22.1. The predicted octanol–water partition coefficient (Wildman–Crippen LogP) is 5.03. The van der Waals surface area contributed by atoms with Crippen LogP contribution in [0.4, 0.5) is 0 Å². The summed E-state index contributed by atoms with van der Waals surface area (Å²) in [6.07, 6.45) is 1.51. The number of carbonyl (C=O) groups is 1. The van der Waals surface area contributed by atoms with Gasteiger partial charge in [0.05, 0.1) is 22.5 Å². The summed E-state index contributed by atoms with van der Waals surface area (Å²) in [4.78, 5) is 19.3. The average Bonchev–Trinajstić information content (AvgIpc) is 3.47. The molecule has 0 unspecified atom stereocenters. The number of ether oxygens (including phenoxy) is 2. The number of piperidine rings is 1. The number of fused-ring (bicyclic) bond motifs is 1. The standard InChI is InChI=1S/C23H21ClN4O3S/c1-30-16-5-2-4-14(12-16)18-13-19(27-26-18)22(29)28-10-8-15(9-11-28)31-23-25-21-17(24)6-3-7-20(21)32-23/h2-7,12-13,15H,8-11H2,1H3,(H,26,27). The van der Waals surface area contributed by atoms with E-state index in [-0.39, 0.29) is 12.0 Å². The molecule has 0 saturated carbocycles. The third kappa shape index (κ3) is 4.16. The third-order valence-corrected chi connectivity index (χ3v) is 6.74. The molecule has 7 nitrogen and oxygen atoms in total. The Morgan fingerprint density at radius 1 is 1.19 bits per heavy atom. The number of aromatic amines is 1. The minimum Gasteiger partial charge on any atom is -0.497 e. The monoisotopic (exact) mass is 468 g/mol. The number of hydrogen-bond acceptors (Lipinski definition) is 6. The highest BCUT2D eigenvalue weighted by Crippen LogP contribution is 2.33. The van der Waals surface area contributed by atoms with E-state index in [0.717, 1.165) is 34.4 Å².